The van der Waals surface area contributed by atoms with Gasteiger partial charge in [-0.15, -0.1) is 0 Å². The summed E-state index contributed by atoms with van der Waals surface area (Å²) in [5.41, 5.74) is 2.04. The van der Waals surface area contributed by atoms with Crippen molar-refractivity contribution in [2.24, 2.45) is 5.92 Å². The summed E-state index contributed by atoms with van der Waals surface area (Å²) < 4.78 is 0. The summed E-state index contributed by atoms with van der Waals surface area (Å²) in [6.45, 7) is 6.13. The van der Waals surface area contributed by atoms with Crippen LogP contribution < -0.4 is 10.6 Å². The average Bonchev–Trinajstić information content (AvgIpc) is 2.60. The lowest BCUT2D eigenvalue weighted by Gasteiger charge is -2.09. The number of hydrogen-bond donors (Lipinski definition) is 2. The van der Waals surface area contributed by atoms with Crippen LogP contribution in [0.4, 0.5) is 5.69 Å². The van der Waals surface area contributed by atoms with Crippen molar-refractivity contribution in [3.8, 4) is 0 Å². The summed E-state index contributed by atoms with van der Waals surface area (Å²) in [6.07, 6.45) is 0. The van der Waals surface area contributed by atoms with E-state index >= 15 is 0 Å². The first kappa shape index (κ1) is 18.4. The summed E-state index contributed by atoms with van der Waals surface area (Å²) in [5, 5.41) is 5.58. The zero-order chi connectivity index (χ0) is 18.4. The molecule has 2 aromatic carbocycles. The minimum Gasteiger partial charge on any atom is -0.352 e. The standard InChI is InChI=1S/C20H22N2O3/c1-13(2)12-21-19(24)15-7-9-16(10-8-15)20(25)22-18-6-4-5-17(11-18)14(3)23/h4-11,13H,12H2,1-3H3,(H,21,24)(H,22,25). The van der Waals surface area contributed by atoms with Crippen molar-refractivity contribution >= 4 is 23.3 Å². The summed E-state index contributed by atoms with van der Waals surface area (Å²) in [6, 6.07) is 13.2. The first-order valence-electron chi connectivity index (χ1n) is 8.17. The van der Waals surface area contributed by atoms with Crippen molar-refractivity contribution in [3.63, 3.8) is 0 Å². The highest BCUT2D eigenvalue weighted by molar-refractivity contribution is 6.05. The topological polar surface area (TPSA) is 75.3 Å². The van der Waals surface area contributed by atoms with Gasteiger partial charge in [0.05, 0.1) is 0 Å². The molecule has 0 heterocycles. The second-order valence-electron chi connectivity index (χ2n) is 6.27. The van der Waals surface area contributed by atoms with Crippen LogP contribution in [-0.2, 0) is 0 Å². The fourth-order valence-corrected chi connectivity index (χ4v) is 2.19. The van der Waals surface area contributed by atoms with Crippen LogP contribution in [0.5, 0.6) is 0 Å². The summed E-state index contributed by atoms with van der Waals surface area (Å²) in [4.78, 5) is 35.7. The fraction of sp³-hybridized carbons (Fsp3) is 0.250. The SMILES string of the molecule is CC(=O)c1cccc(NC(=O)c2ccc(C(=O)NCC(C)C)cc2)c1. The van der Waals surface area contributed by atoms with Gasteiger partial charge in [-0.05, 0) is 49.2 Å². The number of rotatable bonds is 6. The van der Waals surface area contributed by atoms with Crippen molar-refractivity contribution in [3.05, 3.63) is 65.2 Å². The maximum Gasteiger partial charge on any atom is 0.255 e. The summed E-state index contributed by atoms with van der Waals surface area (Å²) >= 11 is 0. The highest BCUT2D eigenvalue weighted by Gasteiger charge is 2.10. The zero-order valence-electron chi connectivity index (χ0n) is 14.6. The predicted octanol–water partition coefficient (Wildman–Crippen LogP) is 3.53. The first-order valence-corrected chi connectivity index (χ1v) is 8.17. The number of amides is 2. The number of carbonyl (C=O) groups is 3. The lowest BCUT2D eigenvalue weighted by Crippen LogP contribution is -2.27. The van der Waals surface area contributed by atoms with E-state index in [1.54, 1.807) is 48.5 Å². The van der Waals surface area contributed by atoms with Gasteiger partial charge in [0.15, 0.2) is 5.78 Å². The molecule has 5 nitrogen and oxygen atoms in total. The molecule has 0 aliphatic carbocycles. The highest BCUT2D eigenvalue weighted by atomic mass is 16.2. The number of anilines is 1. The molecule has 0 saturated heterocycles. The molecule has 2 aromatic rings. The van der Waals surface area contributed by atoms with Crippen LogP contribution in [0.25, 0.3) is 0 Å². The van der Waals surface area contributed by atoms with E-state index in [1.807, 2.05) is 13.8 Å². The van der Waals surface area contributed by atoms with E-state index in [9.17, 15) is 14.4 Å². The maximum absolute atomic E-state index is 12.3. The second-order valence-corrected chi connectivity index (χ2v) is 6.27. The van der Waals surface area contributed by atoms with E-state index in [0.29, 0.717) is 34.8 Å². The molecule has 2 amide bonds. The predicted molar refractivity (Wildman–Crippen MR) is 98.0 cm³/mol. The number of hydrogen-bond acceptors (Lipinski definition) is 3. The van der Waals surface area contributed by atoms with Crippen LogP contribution in [0.2, 0.25) is 0 Å². The Morgan fingerprint density at radius 2 is 1.48 bits per heavy atom. The van der Waals surface area contributed by atoms with Crippen molar-refractivity contribution in [2.45, 2.75) is 20.8 Å². The van der Waals surface area contributed by atoms with E-state index in [0.717, 1.165) is 0 Å². The molecule has 25 heavy (non-hydrogen) atoms. The Kier molecular flexibility index (Phi) is 6.06. The van der Waals surface area contributed by atoms with Crippen LogP contribution in [-0.4, -0.2) is 24.1 Å². The molecule has 0 fully saturated rings. The van der Waals surface area contributed by atoms with Crippen molar-refractivity contribution in [1.29, 1.82) is 0 Å². The lowest BCUT2D eigenvalue weighted by atomic mass is 10.1. The Morgan fingerprint density at radius 1 is 0.880 bits per heavy atom. The molecule has 2 N–H and O–H groups in total. The fourth-order valence-electron chi connectivity index (χ4n) is 2.19. The van der Waals surface area contributed by atoms with E-state index in [-0.39, 0.29) is 17.6 Å². The third-order valence-corrected chi connectivity index (χ3v) is 3.61. The van der Waals surface area contributed by atoms with Crippen LogP contribution in [0.3, 0.4) is 0 Å². The molecule has 0 aromatic heterocycles. The van der Waals surface area contributed by atoms with E-state index in [2.05, 4.69) is 10.6 Å². The minimum atomic E-state index is -0.296. The van der Waals surface area contributed by atoms with Gasteiger partial charge in [-0.25, -0.2) is 0 Å². The van der Waals surface area contributed by atoms with Crippen LogP contribution in [0.15, 0.2) is 48.5 Å². The van der Waals surface area contributed by atoms with Gasteiger partial charge in [0, 0.05) is 28.9 Å². The third kappa shape index (κ3) is 5.28. The van der Waals surface area contributed by atoms with Gasteiger partial charge in [0.25, 0.3) is 11.8 Å². The Bertz CT molecular complexity index is 780. The normalized spacial score (nSPS) is 10.4. The molecular formula is C20H22N2O3. The van der Waals surface area contributed by atoms with Gasteiger partial charge in [-0.2, -0.15) is 0 Å². The Labute approximate surface area is 147 Å². The molecule has 0 aliphatic heterocycles. The van der Waals surface area contributed by atoms with Crippen molar-refractivity contribution in [2.75, 3.05) is 11.9 Å². The molecule has 0 saturated carbocycles. The van der Waals surface area contributed by atoms with Gasteiger partial charge in [-0.1, -0.05) is 26.0 Å². The number of benzene rings is 2. The quantitative estimate of drug-likeness (QED) is 0.791. The molecule has 130 valence electrons. The number of ketones is 1. The molecule has 5 heteroatoms. The molecule has 2 rings (SSSR count). The van der Waals surface area contributed by atoms with E-state index in [1.165, 1.54) is 6.92 Å². The Balaban J connectivity index is 2.04. The van der Waals surface area contributed by atoms with Crippen LogP contribution in [0, 0.1) is 5.92 Å². The highest BCUT2D eigenvalue weighted by Crippen LogP contribution is 2.13. The van der Waals surface area contributed by atoms with Crippen LogP contribution in [0.1, 0.15) is 51.8 Å². The van der Waals surface area contributed by atoms with Gasteiger partial charge in [-0.3, -0.25) is 14.4 Å². The van der Waals surface area contributed by atoms with Crippen LogP contribution >= 0.6 is 0 Å². The van der Waals surface area contributed by atoms with Gasteiger partial charge < -0.3 is 10.6 Å². The van der Waals surface area contributed by atoms with E-state index in [4.69, 9.17) is 0 Å². The molecule has 0 radical (unpaired) electrons. The van der Waals surface area contributed by atoms with Gasteiger partial charge >= 0.3 is 0 Å². The molecular weight excluding hydrogens is 316 g/mol. The smallest absolute Gasteiger partial charge is 0.255 e. The first-order chi connectivity index (χ1) is 11.9. The number of nitrogens with one attached hydrogen (secondary N) is 2. The zero-order valence-corrected chi connectivity index (χ0v) is 14.6. The second kappa shape index (κ2) is 8.24. The molecule has 0 bridgehead atoms. The summed E-state index contributed by atoms with van der Waals surface area (Å²) in [7, 11) is 0. The number of Topliss-reactive ketones (excluding diaryl/α,β-unsaturated/α-hetero) is 1. The van der Waals surface area contributed by atoms with Gasteiger partial charge in [0.1, 0.15) is 0 Å². The van der Waals surface area contributed by atoms with Gasteiger partial charge in [0.2, 0.25) is 0 Å². The van der Waals surface area contributed by atoms with Crippen molar-refractivity contribution < 1.29 is 14.4 Å². The molecule has 0 unspecified atom stereocenters. The maximum atomic E-state index is 12.3. The molecule has 0 atom stereocenters. The summed E-state index contributed by atoms with van der Waals surface area (Å²) in [5.74, 6) is -0.141. The lowest BCUT2D eigenvalue weighted by molar-refractivity contribution is 0.0946. The molecule has 0 spiro atoms. The Hall–Kier alpha value is -2.95. The largest absolute Gasteiger partial charge is 0.352 e. The van der Waals surface area contributed by atoms with E-state index < -0.39 is 0 Å². The molecule has 0 aliphatic rings. The number of carbonyl (C=O) groups excluding carboxylic acids is 3. The van der Waals surface area contributed by atoms with Crippen molar-refractivity contribution in [1.82, 2.24) is 5.32 Å². The monoisotopic (exact) mass is 338 g/mol. The minimum absolute atomic E-state index is 0.0622. The Morgan fingerprint density at radius 3 is 2.04 bits per heavy atom. The third-order valence-electron chi connectivity index (χ3n) is 3.61. The average molecular weight is 338 g/mol.